The lowest BCUT2D eigenvalue weighted by molar-refractivity contribution is -0.157. The fourth-order valence-electron chi connectivity index (χ4n) is 2.20. The van der Waals surface area contributed by atoms with Gasteiger partial charge in [0.2, 0.25) is 5.91 Å². The Bertz CT molecular complexity index is 826. The Labute approximate surface area is 177 Å². The topological polar surface area (TPSA) is 118 Å². The molecule has 3 atom stereocenters. The zero-order chi connectivity index (χ0) is 22.9. The van der Waals surface area contributed by atoms with Gasteiger partial charge in [0.1, 0.15) is 17.3 Å². The summed E-state index contributed by atoms with van der Waals surface area (Å²) in [7, 11) is 1.57. The molecular weight excluding hydrogens is 386 g/mol. The molecule has 0 fully saturated rings. The predicted molar refractivity (Wildman–Crippen MR) is 112 cm³/mol. The molecule has 2 amide bonds. The Morgan fingerprint density at radius 2 is 1.73 bits per heavy atom. The van der Waals surface area contributed by atoms with Gasteiger partial charge in [0.05, 0.1) is 13.2 Å². The number of rotatable bonds is 9. The van der Waals surface area contributed by atoms with Crippen molar-refractivity contribution in [2.75, 3.05) is 7.11 Å². The summed E-state index contributed by atoms with van der Waals surface area (Å²) in [5.41, 5.74) is -0.290. The molecule has 8 heteroatoms. The molecular formula is C22H29N3O5. The summed E-state index contributed by atoms with van der Waals surface area (Å²) in [5, 5.41) is 14.4. The van der Waals surface area contributed by atoms with E-state index in [1.165, 1.54) is 19.9 Å². The fourth-order valence-corrected chi connectivity index (χ4v) is 2.20. The third kappa shape index (κ3) is 7.24. The van der Waals surface area contributed by atoms with Crippen molar-refractivity contribution in [3.8, 4) is 11.8 Å². The van der Waals surface area contributed by atoms with Crippen LogP contribution < -0.4 is 15.4 Å². The summed E-state index contributed by atoms with van der Waals surface area (Å²) >= 11 is 0. The van der Waals surface area contributed by atoms with Crippen LogP contribution in [-0.2, 0) is 19.1 Å². The molecule has 2 N–H and O–H groups in total. The van der Waals surface area contributed by atoms with E-state index in [1.54, 1.807) is 58.2 Å². The first kappa shape index (κ1) is 24.7. The van der Waals surface area contributed by atoms with Crippen LogP contribution >= 0.6 is 0 Å². The van der Waals surface area contributed by atoms with Gasteiger partial charge >= 0.3 is 5.97 Å². The zero-order valence-electron chi connectivity index (χ0n) is 18.2. The molecule has 0 radical (unpaired) electrons. The Kier molecular flexibility index (Phi) is 9.06. The van der Waals surface area contributed by atoms with Crippen LogP contribution in [0.25, 0.3) is 6.08 Å². The van der Waals surface area contributed by atoms with Crippen LogP contribution in [0, 0.1) is 17.2 Å². The number of benzene rings is 1. The molecule has 0 aliphatic heterocycles. The smallest absolute Gasteiger partial charge is 0.329 e. The van der Waals surface area contributed by atoms with E-state index in [0.717, 1.165) is 5.56 Å². The SMILES string of the molecule is COc1ccc(/C=C/C(=O)NC(C)C(=O)OC(C)C(=O)NC(C)(C#N)C(C)C)cc1. The molecule has 0 saturated heterocycles. The maximum Gasteiger partial charge on any atom is 0.329 e. The Morgan fingerprint density at radius 1 is 1.13 bits per heavy atom. The molecule has 0 bridgehead atoms. The van der Waals surface area contributed by atoms with Gasteiger partial charge in [-0.3, -0.25) is 9.59 Å². The lowest BCUT2D eigenvalue weighted by atomic mass is 9.90. The molecule has 0 aliphatic carbocycles. The molecule has 0 aromatic heterocycles. The number of nitrogens with zero attached hydrogens (tertiary/aromatic N) is 1. The Morgan fingerprint density at radius 3 is 2.23 bits per heavy atom. The van der Waals surface area contributed by atoms with E-state index in [-0.39, 0.29) is 5.92 Å². The van der Waals surface area contributed by atoms with Crippen LogP contribution in [0.3, 0.4) is 0 Å². The average molecular weight is 415 g/mol. The molecule has 0 saturated carbocycles. The quantitative estimate of drug-likeness (QED) is 0.472. The van der Waals surface area contributed by atoms with Crippen molar-refractivity contribution in [2.24, 2.45) is 5.92 Å². The number of methoxy groups -OCH3 is 1. The van der Waals surface area contributed by atoms with Gasteiger partial charge in [-0.1, -0.05) is 26.0 Å². The van der Waals surface area contributed by atoms with Crippen molar-refractivity contribution in [1.29, 1.82) is 5.26 Å². The van der Waals surface area contributed by atoms with E-state index < -0.39 is 35.5 Å². The third-order valence-corrected chi connectivity index (χ3v) is 4.69. The van der Waals surface area contributed by atoms with E-state index in [1.807, 2.05) is 0 Å². The predicted octanol–water partition coefficient (Wildman–Crippen LogP) is 2.20. The van der Waals surface area contributed by atoms with Crippen LogP contribution in [0.2, 0.25) is 0 Å². The molecule has 3 unspecified atom stereocenters. The molecule has 162 valence electrons. The number of nitriles is 1. The van der Waals surface area contributed by atoms with Gasteiger partial charge in [0.15, 0.2) is 6.10 Å². The second-order valence-corrected chi connectivity index (χ2v) is 7.37. The fraction of sp³-hybridized carbons (Fsp3) is 0.455. The van der Waals surface area contributed by atoms with Gasteiger partial charge in [0, 0.05) is 6.08 Å². The number of carbonyl (C=O) groups excluding carboxylic acids is 3. The summed E-state index contributed by atoms with van der Waals surface area (Å²) < 4.78 is 10.2. The second kappa shape index (κ2) is 11.0. The molecule has 0 aliphatic rings. The first-order valence-corrected chi connectivity index (χ1v) is 9.58. The van der Waals surface area contributed by atoms with E-state index in [9.17, 15) is 19.6 Å². The summed E-state index contributed by atoms with van der Waals surface area (Å²) in [6, 6.07) is 8.20. The van der Waals surface area contributed by atoms with Gasteiger partial charge in [-0.2, -0.15) is 5.26 Å². The normalized spacial score (nSPS) is 14.9. The molecule has 1 aromatic rings. The monoisotopic (exact) mass is 415 g/mol. The van der Waals surface area contributed by atoms with Gasteiger partial charge in [-0.05, 0) is 50.5 Å². The van der Waals surface area contributed by atoms with Crippen molar-refractivity contribution in [2.45, 2.75) is 52.3 Å². The number of nitrogens with one attached hydrogen (secondary N) is 2. The van der Waals surface area contributed by atoms with Crippen molar-refractivity contribution >= 4 is 23.9 Å². The third-order valence-electron chi connectivity index (χ3n) is 4.69. The second-order valence-electron chi connectivity index (χ2n) is 7.37. The minimum atomic E-state index is -1.11. The lowest BCUT2D eigenvalue weighted by Crippen LogP contribution is -2.53. The number of hydrogen-bond donors (Lipinski definition) is 2. The van der Waals surface area contributed by atoms with Gasteiger partial charge in [0.25, 0.3) is 5.91 Å². The highest BCUT2D eigenvalue weighted by Gasteiger charge is 2.33. The van der Waals surface area contributed by atoms with Crippen LogP contribution in [0.4, 0.5) is 0 Å². The van der Waals surface area contributed by atoms with Gasteiger partial charge < -0.3 is 20.1 Å². The largest absolute Gasteiger partial charge is 0.497 e. The van der Waals surface area contributed by atoms with Crippen molar-refractivity contribution in [3.05, 3.63) is 35.9 Å². The Balaban J connectivity index is 2.58. The summed E-state index contributed by atoms with van der Waals surface area (Å²) in [6.07, 6.45) is 1.78. The number of hydrogen-bond acceptors (Lipinski definition) is 6. The minimum absolute atomic E-state index is 0.134. The molecule has 0 spiro atoms. The van der Waals surface area contributed by atoms with Gasteiger partial charge in [-0.15, -0.1) is 0 Å². The minimum Gasteiger partial charge on any atom is -0.497 e. The lowest BCUT2D eigenvalue weighted by Gasteiger charge is -2.28. The van der Waals surface area contributed by atoms with E-state index >= 15 is 0 Å². The van der Waals surface area contributed by atoms with Crippen LogP contribution in [0.15, 0.2) is 30.3 Å². The molecule has 30 heavy (non-hydrogen) atoms. The number of ether oxygens (including phenoxy) is 2. The highest BCUT2D eigenvalue weighted by molar-refractivity contribution is 5.95. The summed E-state index contributed by atoms with van der Waals surface area (Å²) in [4.78, 5) is 36.5. The van der Waals surface area contributed by atoms with Crippen LogP contribution in [0.5, 0.6) is 5.75 Å². The molecule has 1 rings (SSSR count). The van der Waals surface area contributed by atoms with E-state index in [2.05, 4.69) is 16.7 Å². The van der Waals surface area contributed by atoms with Crippen molar-refractivity contribution in [3.63, 3.8) is 0 Å². The first-order valence-electron chi connectivity index (χ1n) is 9.58. The van der Waals surface area contributed by atoms with E-state index in [4.69, 9.17) is 9.47 Å². The van der Waals surface area contributed by atoms with Crippen LogP contribution in [0.1, 0.15) is 40.2 Å². The van der Waals surface area contributed by atoms with Crippen molar-refractivity contribution < 1.29 is 23.9 Å². The molecule has 1 aromatic carbocycles. The zero-order valence-corrected chi connectivity index (χ0v) is 18.2. The number of esters is 1. The Hall–Kier alpha value is -3.34. The van der Waals surface area contributed by atoms with E-state index in [0.29, 0.717) is 5.75 Å². The highest BCUT2D eigenvalue weighted by Crippen LogP contribution is 2.15. The summed E-state index contributed by atoms with van der Waals surface area (Å²) in [6.45, 7) is 8.07. The highest BCUT2D eigenvalue weighted by atomic mass is 16.5. The van der Waals surface area contributed by atoms with Crippen LogP contribution in [-0.4, -0.2) is 42.6 Å². The average Bonchev–Trinajstić information content (AvgIpc) is 2.71. The number of amides is 2. The number of carbonyl (C=O) groups is 3. The first-order chi connectivity index (χ1) is 14.0. The van der Waals surface area contributed by atoms with Gasteiger partial charge in [-0.25, -0.2) is 4.79 Å². The molecule has 8 nitrogen and oxygen atoms in total. The maximum absolute atomic E-state index is 12.3. The van der Waals surface area contributed by atoms with Crippen molar-refractivity contribution in [1.82, 2.24) is 10.6 Å². The summed E-state index contributed by atoms with van der Waals surface area (Å²) in [5.74, 6) is -1.25. The standard InChI is InChI=1S/C22H29N3O5/c1-14(2)22(5,13-23)25-20(27)16(4)30-21(28)15(3)24-19(26)12-9-17-7-10-18(29-6)11-8-17/h7-12,14-16H,1-6H3,(H,24,26)(H,25,27)/b12-9+. The maximum atomic E-state index is 12.3. The molecule has 0 heterocycles.